The lowest BCUT2D eigenvalue weighted by molar-refractivity contribution is -0.384. The number of nitro groups is 1. The number of non-ortho nitro benzene ring substituents is 1. The Morgan fingerprint density at radius 3 is 2.41 bits per heavy atom. The van der Waals surface area contributed by atoms with Crippen molar-refractivity contribution in [3.63, 3.8) is 0 Å². The Morgan fingerprint density at radius 2 is 1.72 bits per heavy atom. The van der Waals surface area contributed by atoms with Crippen molar-refractivity contribution in [2.45, 2.75) is 38.0 Å². The van der Waals surface area contributed by atoms with Crippen molar-refractivity contribution in [2.75, 3.05) is 0 Å². The van der Waals surface area contributed by atoms with E-state index in [9.17, 15) is 19.7 Å². The molecule has 2 aromatic carbocycles. The van der Waals surface area contributed by atoms with Crippen LogP contribution in [0.3, 0.4) is 0 Å². The zero-order valence-electron chi connectivity index (χ0n) is 17.7. The molecule has 32 heavy (non-hydrogen) atoms. The topological polar surface area (TPSA) is 100 Å². The number of nitrogens with zero attached hydrogens (tertiary/aromatic N) is 4. The lowest BCUT2D eigenvalue weighted by Gasteiger charge is -2.23. The molecule has 1 aliphatic carbocycles. The van der Waals surface area contributed by atoms with E-state index >= 15 is 0 Å². The molecule has 1 fully saturated rings. The van der Waals surface area contributed by atoms with Crippen molar-refractivity contribution in [2.24, 2.45) is 7.05 Å². The van der Waals surface area contributed by atoms with Crippen molar-refractivity contribution in [1.29, 1.82) is 0 Å². The van der Waals surface area contributed by atoms with Crippen molar-refractivity contribution in [3.8, 4) is 17.1 Å². The molecule has 0 spiro atoms. The van der Waals surface area contributed by atoms with Gasteiger partial charge in [0.15, 0.2) is 5.82 Å². The molecule has 0 radical (unpaired) electrons. The lowest BCUT2D eigenvalue weighted by Crippen LogP contribution is -2.35. The standard InChI is InChI=1S/C24H22N4O4/c1-26-23(29)20-14-17-13-19(28(31)32)11-12-21(17)27(22(20)25-24(26)30)18-9-7-16(8-10-18)15-5-3-2-4-6-15/h7-15H,2-6H2,1H3. The molecule has 5 rings (SSSR count). The average Bonchev–Trinajstić information content (AvgIpc) is 2.82. The normalized spacial score (nSPS) is 14.8. The number of nitro benzene ring substituents is 1. The number of hydrogen-bond donors (Lipinski definition) is 0. The number of aromatic nitrogens is 3. The monoisotopic (exact) mass is 430 g/mol. The van der Waals surface area contributed by atoms with Gasteiger partial charge >= 0.3 is 5.69 Å². The van der Waals surface area contributed by atoms with E-state index in [1.165, 1.54) is 56.8 Å². The van der Waals surface area contributed by atoms with Crippen LogP contribution in [0.5, 0.6) is 0 Å². The molecular formula is C24H22N4O4. The highest BCUT2D eigenvalue weighted by molar-refractivity contribution is 5.89. The smallest absolute Gasteiger partial charge is 0.294 e. The van der Waals surface area contributed by atoms with Crippen LogP contribution in [0.25, 0.3) is 28.0 Å². The van der Waals surface area contributed by atoms with Crippen LogP contribution in [0.2, 0.25) is 0 Å². The maximum absolute atomic E-state index is 12.8. The zero-order chi connectivity index (χ0) is 22.4. The molecule has 0 atom stereocenters. The number of hydrogen-bond acceptors (Lipinski definition) is 5. The number of fused-ring (bicyclic) bond motifs is 2. The van der Waals surface area contributed by atoms with Gasteiger partial charge in [0.05, 0.1) is 16.0 Å². The summed E-state index contributed by atoms with van der Waals surface area (Å²) in [5, 5.41) is 11.8. The predicted octanol–water partition coefficient (Wildman–Crippen LogP) is 4.15. The van der Waals surface area contributed by atoms with E-state index in [0.717, 1.165) is 10.3 Å². The zero-order valence-corrected chi connectivity index (χ0v) is 17.7. The minimum atomic E-state index is -0.642. The number of pyridine rings is 1. The SMILES string of the molecule is Cn1c(=O)nc2n(-c3ccc(C4CCCCC4)cc3)c3ccc([N+](=O)[O-])cc3cc-2c1=O. The summed E-state index contributed by atoms with van der Waals surface area (Å²) >= 11 is 0. The quantitative estimate of drug-likeness (QED) is 0.276. The third-order valence-electron chi connectivity index (χ3n) is 6.47. The molecular weight excluding hydrogens is 408 g/mol. The van der Waals surface area contributed by atoms with Crippen LogP contribution < -0.4 is 11.2 Å². The highest BCUT2D eigenvalue weighted by Gasteiger charge is 2.22. The van der Waals surface area contributed by atoms with Crippen LogP contribution in [0, 0.1) is 10.1 Å². The van der Waals surface area contributed by atoms with Crippen LogP contribution in [0.4, 0.5) is 5.69 Å². The highest BCUT2D eigenvalue weighted by atomic mass is 16.6. The van der Waals surface area contributed by atoms with Crippen LogP contribution in [0.15, 0.2) is 58.1 Å². The predicted molar refractivity (Wildman–Crippen MR) is 122 cm³/mol. The summed E-state index contributed by atoms with van der Waals surface area (Å²) in [5.74, 6) is 0.790. The lowest BCUT2D eigenvalue weighted by atomic mass is 9.84. The highest BCUT2D eigenvalue weighted by Crippen LogP contribution is 2.34. The van der Waals surface area contributed by atoms with Gasteiger partial charge in [0.2, 0.25) is 0 Å². The summed E-state index contributed by atoms with van der Waals surface area (Å²) in [6.45, 7) is 0. The molecule has 8 heteroatoms. The molecule has 2 aliphatic heterocycles. The van der Waals surface area contributed by atoms with E-state index in [-0.39, 0.29) is 17.1 Å². The third kappa shape index (κ3) is 3.28. The van der Waals surface area contributed by atoms with Gasteiger partial charge in [-0.3, -0.25) is 24.0 Å². The molecule has 8 nitrogen and oxygen atoms in total. The van der Waals surface area contributed by atoms with Crippen molar-refractivity contribution in [1.82, 2.24) is 14.1 Å². The molecule has 3 aliphatic rings. The molecule has 2 heterocycles. The fourth-order valence-electron chi connectivity index (χ4n) is 4.72. The van der Waals surface area contributed by atoms with Crippen molar-refractivity contribution < 1.29 is 4.92 Å². The molecule has 0 unspecified atom stereocenters. The fraction of sp³-hybridized carbons (Fsp3) is 0.292. The second kappa shape index (κ2) is 7.71. The first-order valence-electron chi connectivity index (χ1n) is 10.8. The average molecular weight is 430 g/mol. The second-order valence-electron chi connectivity index (χ2n) is 8.40. The molecule has 0 saturated heterocycles. The van der Waals surface area contributed by atoms with Gasteiger partial charge in [0, 0.05) is 30.3 Å². The van der Waals surface area contributed by atoms with Gasteiger partial charge in [0.1, 0.15) is 0 Å². The van der Waals surface area contributed by atoms with E-state index in [1.54, 1.807) is 16.7 Å². The van der Waals surface area contributed by atoms with Gasteiger partial charge in [-0.15, -0.1) is 0 Å². The minimum absolute atomic E-state index is 0.0683. The summed E-state index contributed by atoms with van der Waals surface area (Å²) in [4.78, 5) is 40.2. The summed E-state index contributed by atoms with van der Waals surface area (Å²) in [6.07, 6.45) is 6.15. The van der Waals surface area contributed by atoms with Gasteiger partial charge < -0.3 is 0 Å². The first kappa shape index (κ1) is 20.1. The number of rotatable bonds is 3. The van der Waals surface area contributed by atoms with E-state index < -0.39 is 16.2 Å². The van der Waals surface area contributed by atoms with Crippen molar-refractivity contribution in [3.05, 3.63) is 85.0 Å². The Kier molecular flexibility index (Phi) is 4.84. The van der Waals surface area contributed by atoms with E-state index in [0.29, 0.717) is 16.8 Å². The Hall–Kier alpha value is -3.81. The molecule has 0 amide bonds. The molecule has 1 saturated carbocycles. The van der Waals surface area contributed by atoms with Crippen LogP contribution in [0.1, 0.15) is 43.6 Å². The number of benzene rings is 2. The van der Waals surface area contributed by atoms with Crippen molar-refractivity contribution >= 4 is 16.6 Å². The second-order valence-corrected chi connectivity index (χ2v) is 8.40. The first-order valence-corrected chi connectivity index (χ1v) is 10.8. The minimum Gasteiger partial charge on any atom is -0.294 e. The Morgan fingerprint density at radius 1 is 1.00 bits per heavy atom. The molecule has 0 N–H and O–H groups in total. The fourth-order valence-corrected chi connectivity index (χ4v) is 4.72. The van der Waals surface area contributed by atoms with Crippen LogP contribution in [-0.4, -0.2) is 19.0 Å². The molecule has 0 bridgehead atoms. The Labute approximate surface area is 183 Å². The summed E-state index contributed by atoms with van der Waals surface area (Å²) in [7, 11) is 1.37. The van der Waals surface area contributed by atoms with Gasteiger partial charge in [-0.05, 0) is 48.6 Å². The summed E-state index contributed by atoms with van der Waals surface area (Å²) < 4.78 is 2.68. The Balaban J connectivity index is 1.76. The van der Waals surface area contributed by atoms with Crippen LogP contribution in [-0.2, 0) is 7.05 Å². The van der Waals surface area contributed by atoms with E-state index in [1.807, 2.05) is 12.1 Å². The van der Waals surface area contributed by atoms with Crippen LogP contribution >= 0.6 is 0 Å². The van der Waals surface area contributed by atoms with Gasteiger partial charge in [-0.1, -0.05) is 31.4 Å². The maximum atomic E-state index is 12.8. The maximum Gasteiger partial charge on any atom is 0.352 e. The first-order chi connectivity index (χ1) is 15.4. The van der Waals surface area contributed by atoms with Gasteiger partial charge in [0.25, 0.3) is 11.2 Å². The summed E-state index contributed by atoms with van der Waals surface area (Å²) in [5.41, 5.74) is 1.69. The van der Waals surface area contributed by atoms with E-state index in [2.05, 4.69) is 17.1 Å². The largest absolute Gasteiger partial charge is 0.352 e. The molecule has 0 aromatic heterocycles. The van der Waals surface area contributed by atoms with Gasteiger partial charge in [-0.25, -0.2) is 4.79 Å². The van der Waals surface area contributed by atoms with Gasteiger partial charge in [-0.2, -0.15) is 4.98 Å². The third-order valence-corrected chi connectivity index (χ3v) is 6.47. The molecule has 162 valence electrons. The summed E-state index contributed by atoms with van der Waals surface area (Å²) in [6, 6.07) is 14.2. The molecule has 2 aromatic rings. The Bertz CT molecular complexity index is 1430. The van der Waals surface area contributed by atoms with E-state index in [4.69, 9.17) is 0 Å².